The highest BCUT2D eigenvalue weighted by Crippen LogP contribution is 2.32. The Balaban J connectivity index is 1.86. The van der Waals surface area contributed by atoms with Gasteiger partial charge in [-0.25, -0.2) is 0 Å². The Morgan fingerprint density at radius 3 is 2.81 bits per heavy atom. The van der Waals surface area contributed by atoms with Gasteiger partial charge in [-0.2, -0.15) is 0 Å². The highest BCUT2D eigenvalue weighted by atomic mass is 16.6. The van der Waals surface area contributed by atoms with Gasteiger partial charge < -0.3 is 20.1 Å². The van der Waals surface area contributed by atoms with E-state index >= 15 is 0 Å². The molecule has 2 unspecified atom stereocenters. The first-order valence-corrected chi connectivity index (χ1v) is 7.63. The smallest absolute Gasteiger partial charge is 0.254 e. The summed E-state index contributed by atoms with van der Waals surface area (Å²) in [5.74, 6) is 1.40. The molecule has 1 aromatic carbocycles. The number of piperidine rings is 1. The number of carbonyl (C=O) groups is 1. The quantitative estimate of drug-likeness (QED) is 0.902. The minimum absolute atomic E-state index is 0.0367. The minimum Gasteiger partial charge on any atom is -0.486 e. The van der Waals surface area contributed by atoms with Crippen LogP contribution in [-0.4, -0.2) is 42.6 Å². The number of hydrogen-bond acceptors (Lipinski definition) is 4. The third-order valence-corrected chi connectivity index (χ3v) is 4.32. The maximum atomic E-state index is 12.8. The van der Waals surface area contributed by atoms with Crippen LogP contribution in [0.4, 0.5) is 0 Å². The molecule has 2 aliphatic heterocycles. The summed E-state index contributed by atoms with van der Waals surface area (Å²) in [5, 5.41) is 0. The fourth-order valence-electron chi connectivity index (χ4n) is 3.21. The molecule has 0 aliphatic carbocycles. The molecule has 1 amide bonds. The van der Waals surface area contributed by atoms with Crippen LogP contribution in [-0.2, 0) is 0 Å². The predicted molar refractivity (Wildman–Crippen MR) is 79.8 cm³/mol. The maximum absolute atomic E-state index is 12.8. The number of nitrogens with two attached hydrogens (primary N) is 1. The molecule has 0 spiro atoms. The third-order valence-electron chi connectivity index (χ3n) is 4.32. The molecule has 0 radical (unpaired) electrons. The van der Waals surface area contributed by atoms with Crippen molar-refractivity contribution in [2.24, 2.45) is 5.73 Å². The van der Waals surface area contributed by atoms with E-state index in [1.807, 2.05) is 17.0 Å². The van der Waals surface area contributed by atoms with E-state index in [2.05, 4.69) is 6.92 Å². The third kappa shape index (κ3) is 2.70. The lowest BCUT2D eigenvalue weighted by molar-refractivity contribution is 0.0493. The Labute approximate surface area is 125 Å². The van der Waals surface area contributed by atoms with E-state index in [1.54, 1.807) is 6.07 Å². The molecule has 0 saturated carbocycles. The zero-order valence-electron chi connectivity index (χ0n) is 12.4. The fourth-order valence-corrected chi connectivity index (χ4v) is 3.21. The van der Waals surface area contributed by atoms with Crippen LogP contribution >= 0.6 is 0 Å². The Morgan fingerprint density at radius 2 is 2.05 bits per heavy atom. The lowest BCUT2D eigenvalue weighted by atomic mass is 9.95. The molecule has 3 rings (SSSR count). The van der Waals surface area contributed by atoms with Gasteiger partial charge in [0, 0.05) is 24.2 Å². The normalized spacial score (nSPS) is 24.8. The fraction of sp³-hybridized carbons (Fsp3) is 0.562. The van der Waals surface area contributed by atoms with E-state index in [9.17, 15) is 4.79 Å². The first-order chi connectivity index (χ1) is 10.2. The molecule has 5 heteroatoms. The van der Waals surface area contributed by atoms with Crippen molar-refractivity contribution in [2.45, 2.75) is 38.3 Å². The minimum atomic E-state index is 0.0367. The van der Waals surface area contributed by atoms with E-state index in [0.717, 1.165) is 19.3 Å². The van der Waals surface area contributed by atoms with Crippen LogP contribution in [0, 0.1) is 0 Å². The standard InChI is InChI=1S/C16H22N2O3/c1-11-3-2-4-13(10-17)18(11)16(19)12-5-6-14-15(9-12)21-8-7-20-14/h5-6,9,11,13H,2-4,7-8,10,17H2,1H3. The molecule has 1 fully saturated rings. The van der Waals surface area contributed by atoms with Crippen molar-refractivity contribution in [3.63, 3.8) is 0 Å². The van der Waals surface area contributed by atoms with Crippen LogP contribution < -0.4 is 15.2 Å². The van der Waals surface area contributed by atoms with Crippen molar-refractivity contribution in [3.8, 4) is 11.5 Å². The summed E-state index contributed by atoms with van der Waals surface area (Å²) in [4.78, 5) is 14.8. The molecular formula is C16H22N2O3. The number of fused-ring (bicyclic) bond motifs is 1. The summed E-state index contributed by atoms with van der Waals surface area (Å²) in [6.45, 7) is 3.69. The van der Waals surface area contributed by atoms with Crippen LogP contribution in [0.15, 0.2) is 18.2 Å². The second-order valence-electron chi connectivity index (χ2n) is 5.74. The summed E-state index contributed by atoms with van der Waals surface area (Å²) < 4.78 is 11.1. The van der Waals surface area contributed by atoms with Gasteiger partial charge in [0.25, 0.3) is 5.91 Å². The highest BCUT2D eigenvalue weighted by molar-refractivity contribution is 5.95. The second-order valence-corrected chi connectivity index (χ2v) is 5.74. The van der Waals surface area contributed by atoms with Gasteiger partial charge in [0.05, 0.1) is 0 Å². The highest BCUT2D eigenvalue weighted by Gasteiger charge is 2.32. The van der Waals surface area contributed by atoms with Crippen molar-refractivity contribution >= 4 is 5.91 Å². The zero-order valence-corrected chi connectivity index (χ0v) is 12.4. The van der Waals surface area contributed by atoms with Crippen molar-refractivity contribution in [2.75, 3.05) is 19.8 Å². The van der Waals surface area contributed by atoms with Gasteiger partial charge in [-0.05, 0) is 44.4 Å². The molecule has 5 nitrogen and oxygen atoms in total. The molecule has 21 heavy (non-hydrogen) atoms. The van der Waals surface area contributed by atoms with Gasteiger partial charge in [-0.1, -0.05) is 0 Å². The number of rotatable bonds is 2. The van der Waals surface area contributed by atoms with Gasteiger partial charge in [0.1, 0.15) is 13.2 Å². The number of hydrogen-bond donors (Lipinski definition) is 1. The number of likely N-dealkylation sites (tertiary alicyclic amines) is 1. The van der Waals surface area contributed by atoms with Gasteiger partial charge in [-0.15, -0.1) is 0 Å². The first kappa shape index (κ1) is 14.2. The van der Waals surface area contributed by atoms with E-state index in [1.165, 1.54) is 0 Å². The van der Waals surface area contributed by atoms with Crippen molar-refractivity contribution in [3.05, 3.63) is 23.8 Å². The average molecular weight is 290 g/mol. The zero-order chi connectivity index (χ0) is 14.8. The monoisotopic (exact) mass is 290 g/mol. The van der Waals surface area contributed by atoms with Crippen molar-refractivity contribution in [1.82, 2.24) is 4.90 Å². The van der Waals surface area contributed by atoms with E-state index in [0.29, 0.717) is 36.8 Å². The lowest BCUT2D eigenvalue weighted by Crippen LogP contribution is -2.51. The van der Waals surface area contributed by atoms with Crippen LogP contribution in [0.3, 0.4) is 0 Å². The van der Waals surface area contributed by atoms with Crippen molar-refractivity contribution < 1.29 is 14.3 Å². The Bertz CT molecular complexity index is 532. The summed E-state index contributed by atoms with van der Waals surface area (Å²) in [5.41, 5.74) is 6.49. The molecule has 2 N–H and O–H groups in total. The Kier molecular flexibility index (Phi) is 4.01. The lowest BCUT2D eigenvalue weighted by Gasteiger charge is -2.40. The topological polar surface area (TPSA) is 64.8 Å². The molecule has 0 bridgehead atoms. The van der Waals surface area contributed by atoms with Gasteiger partial charge >= 0.3 is 0 Å². The largest absolute Gasteiger partial charge is 0.486 e. The molecule has 1 saturated heterocycles. The molecule has 0 aromatic heterocycles. The molecular weight excluding hydrogens is 268 g/mol. The number of carbonyl (C=O) groups excluding carboxylic acids is 1. The van der Waals surface area contributed by atoms with E-state index in [-0.39, 0.29) is 18.0 Å². The number of benzene rings is 1. The number of amides is 1. The number of ether oxygens (including phenoxy) is 2. The summed E-state index contributed by atoms with van der Waals surface area (Å²) in [7, 11) is 0. The van der Waals surface area contributed by atoms with E-state index in [4.69, 9.17) is 15.2 Å². The van der Waals surface area contributed by atoms with Crippen LogP contribution in [0.2, 0.25) is 0 Å². The summed E-state index contributed by atoms with van der Waals surface area (Å²) in [6.07, 6.45) is 3.15. The predicted octanol–water partition coefficient (Wildman–Crippen LogP) is 1.80. The maximum Gasteiger partial charge on any atom is 0.254 e. The molecule has 2 heterocycles. The van der Waals surface area contributed by atoms with E-state index < -0.39 is 0 Å². The molecule has 2 aliphatic rings. The molecule has 2 atom stereocenters. The Hall–Kier alpha value is -1.75. The number of nitrogens with zero attached hydrogens (tertiary/aromatic N) is 1. The molecule has 114 valence electrons. The van der Waals surface area contributed by atoms with Crippen LogP contribution in [0.25, 0.3) is 0 Å². The van der Waals surface area contributed by atoms with Crippen LogP contribution in [0.1, 0.15) is 36.5 Å². The van der Waals surface area contributed by atoms with Gasteiger partial charge in [-0.3, -0.25) is 4.79 Å². The van der Waals surface area contributed by atoms with Gasteiger partial charge in [0.15, 0.2) is 11.5 Å². The second kappa shape index (κ2) is 5.93. The molecule has 1 aromatic rings. The average Bonchev–Trinajstić information content (AvgIpc) is 2.53. The summed E-state index contributed by atoms with van der Waals surface area (Å²) >= 11 is 0. The van der Waals surface area contributed by atoms with Crippen LogP contribution in [0.5, 0.6) is 11.5 Å². The Morgan fingerprint density at radius 1 is 1.29 bits per heavy atom. The SMILES string of the molecule is CC1CCCC(CN)N1C(=O)c1ccc2c(c1)OCCO2. The van der Waals surface area contributed by atoms with Crippen molar-refractivity contribution in [1.29, 1.82) is 0 Å². The first-order valence-electron chi connectivity index (χ1n) is 7.63. The van der Waals surface area contributed by atoms with Gasteiger partial charge in [0.2, 0.25) is 0 Å². The summed E-state index contributed by atoms with van der Waals surface area (Å²) in [6, 6.07) is 5.77.